The molecule has 2 aromatic rings. The second kappa shape index (κ2) is 7.30. The van der Waals surface area contributed by atoms with Gasteiger partial charge in [0.15, 0.2) is 0 Å². The summed E-state index contributed by atoms with van der Waals surface area (Å²) in [5.74, 6) is -0.264. The van der Waals surface area contributed by atoms with Crippen molar-refractivity contribution in [3.63, 3.8) is 0 Å². The van der Waals surface area contributed by atoms with Crippen LogP contribution in [0.15, 0.2) is 29.4 Å². The van der Waals surface area contributed by atoms with E-state index >= 15 is 0 Å². The average Bonchev–Trinajstić information content (AvgIpc) is 2.84. The van der Waals surface area contributed by atoms with Crippen LogP contribution in [0.5, 0.6) is 0 Å². The molecule has 0 fully saturated rings. The number of hydrazone groups is 1. The van der Waals surface area contributed by atoms with Crippen LogP contribution < -0.4 is 5.43 Å². The summed E-state index contributed by atoms with van der Waals surface area (Å²) in [6.45, 7) is 3.78. The van der Waals surface area contributed by atoms with E-state index in [1.165, 1.54) is 12.3 Å². The van der Waals surface area contributed by atoms with Gasteiger partial charge >= 0.3 is 0 Å². The van der Waals surface area contributed by atoms with E-state index in [-0.39, 0.29) is 18.0 Å². The first kappa shape index (κ1) is 16.3. The SMILES string of the molecule is Cc1n[nH]c(C)c1CCC(=O)N/N=C/c1ccccc1[N+](=O)[O-]. The zero-order valence-corrected chi connectivity index (χ0v) is 12.9. The van der Waals surface area contributed by atoms with Crippen molar-refractivity contribution in [2.75, 3.05) is 0 Å². The molecule has 0 radical (unpaired) electrons. The van der Waals surface area contributed by atoms with Crippen molar-refractivity contribution in [3.8, 4) is 0 Å². The van der Waals surface area contributed by atoms with Crippen molar-refractivity contribution in [1.82, 2.24) is 15.6 Å². The molecule has 0 aliphatic heterocycles. The minimum absolute atomic E-state index is 0.0601. The van der Waals surface area contributed by atoms with Gasteiger partial charge in [0.2, 0.25) is 5.91 Å². The molecule has 2 rings (SSSR count). The number of nitro benzene ring substituents is 1. The molecule has 1 aromatic carbocycles. The second-order valence-corrected chi connectivity index (χ2v) is 5.02. The Balaban J connectivity index is 1.91. The molecule has 8 nitrogen and oxygen atoms in total. The van der Waals surface area contributed by atoms with Crippen LogP contribution in [-0.2, 0) is 11.2 Å². The van der Waals surface area contributed by atoms with Crippen molar-refractivity contribution in [1.29, 1.82) is 0 Å². The number of carbonyl (C=O) groups is 1. The highest BCUT2D eigenvalue weighted by atomic mass is 16.6. The zero-order valence-electron chi connectivity index (χ0n) is 12.9. The van der Waals surface area contributed by atoms with Gasteiger partial charge in [0.05, 0.1) is 22.4 Å². The number of rotatable bonds is 6. The maximum Gasteiger partial charge on any atom is 0.278 e. The summed E-state index contributed by atoms with van der Waals surface area (Å²) in [5, 5.41) is 21.6. The highest BCUT2D eigenvalue weighted by Gasteiger charge is 2.11. The summed E-state index contributed by atoms with van der Waals surface area (Å²) in [6, 6.07) is 6.18. The first-order valence-corrected chi connectivity index (χ1v) is 7.05. The second-order valence-electron chi connectivity index (χ2n) is 5.02. The summed E-state index contributed by atoms with van der Waals surface area (Å²) >= 11 is 0. The molecule has 120 valence electrons. The number of nitrogens with zero attached hydrogens (tertiary/aromatic N) is 3. The highest BCUT2D eigenvalue weighted by molar-refractivity contribution is 5.86. The molecule has 0 bridgehead atoms. The Kier molecular flexibility index (Phi) is 5.19. The number of H-pyrrole nitrogens is 1. The maximum atomic E-state index is 11.8. The van der Waals surface area contributed by atoms with Gasteiger partial charge in [0.25, 0.3) is 5.69 Å². The van der Waals surface area contributed by atoms with Crippen molar-refractivity contribution in [3.05, 3.63) is 56.9 Å². The van der Waals surface area contributed by atoms with Crippen LogP contribution in [-0.4, -0.2) is 27.2 Å². The topological polar surface area (TPSA) is 113 Å². The van der Waals surface area contributed by atoms with Crippen molar-refractivity contribution in [2.45, 2.75) is 26.7 Å². The number of hydrogen-bond donors (Lipinski definition) is 2. The summed E-state index contributed by atoms with van der Waals surface area (Å²) in [4.78, 5) is 22.2. The van der Waals surface area contributed by atoms with E-state index in [0.717, 1.165) is 17.0 Å². The van der Waals surface area contributed by atoms with Crippen LogP contribution in [0.2, 0.25) is 0 Å². The molecule has 1 amide bonds. The van der Waals surface area contributed by atoms with Gasteiger partial charge in [-0.3, -0.25) is 20.0 Å². The van der Waals surface area contributed by atoms with Gasteiger partial charge in [0, 0.05) is 18.2 Å². The molecule has 0 aliphatic rings. The minimum Gasteiger partial charge on any atom is -0.282 e. The molecule has 1 aromatic heterocycles. The molecular weight excluding hydrogens is 298 g/mol. The number of aryl methyl sites for hydroxylation is 2. The van der Waals surface area contributed by atoms with Crippen LogP contribution in [0.25, 0.3) is 0 Å². The molecule has 0 aliphatic carbocycles. The number of nitrogens with one attached hydrogen (secondary N) is 2. The van der Waals surface area contributed by atoms with Gasteiger partial charge in [-0.15, -0.1) is 0 Å². The standard InChI is InChI=1S/C15H17N5O3/c1-10-13(11(2)18-17-10)7-8-15(21)19-16-9-12-5-3-4-6-14(12)20(22)23/h3-6,9H,7-8H2,1-2H3,(H,17,18)(H,19,21)/b16-9+. The van der Waals surface area contributed by atoms with Gasteiger partial charge in [-0.2, -0.15) is 10.2 Å². The minimum atomic E-state index is -0.492. The first-order chi connectivity index (χ1) is 11.0. The molecule has 23 heavy (non-hydrogen) atoms. The number of aromatic amines is 1. The molecule has 2 N–H and O–H groups in total. The van der Waals surface area contributed by atoms with Gasteiger partial charge in [0.1, 0.15) is 0 Å². The lowest BCUT2D eigenvalue weighted by Crippen LogP contribution is -2.18. The Morgan fingerprint density at radius 1 is 1.43 bits per heavy atom. The van der Waals surface area contributed by atoms with Crippen LogP contribution in [0, 0.1) is 24.0 Å². The summed E-state index contributed by atoms with van der Waals surface area (Å²) in [6.07, 6.45) is 2.08. The van der Waals surface area contributed by atoms with Crippen LogP contribution in [0.1, 0.15) is 28.9 Å². The van der Waals surface area contributed by atoms with Crippen LogP contribution in [0.4, 0.5) is 5.69 Å². The molecule has 0 spiro atoms. The number of hydrogen-bond acceptors (Lipinski definition) is 5. The number of benzene rings is 1. The Morgan fingerprint density at radius 3 is 2.83 bits per heavy atom. The Labute approximate surface area is 132 Å². The number of nitro groups is 1. The predicted molar refractivity (Wildman–Crippen MR) is 85.2 cm³/mol. The smallest absolute Gasteiger partial charge is 0.278 e. The number of carbonyl (C=O) groups excluding carboxylic acids is 1. The lowest BCUT2D eigenvalue weighted by Gasteiger charge is -2.01. The zero-order chi connectivity index (χ0) is 16.8. The normalized spacial score (nSPS) is 10.9. The van der Waals surface area contributed by atoms with Gasteiger partial charge in [-0.1, -0.05) is 12.1 Å². The van der Waals surface area contributed by atoms with Crippen molar-refractivity contribution < 1.29 is 9.72 Å². The molecule has 0 atom stereocenters. The van der Waals surface area contributed by atoms with E-state index in [1.807, 2.05) is 13.8 Å². The third-order valence-electron chi connectivity index (χ3n) is 3.41. The molecule has 0 saturated carbocycles. The average molecular weight is 315 g/mol. The monoisotopic (exact) mass is 315 g/mol. The van der Waals surface area contributed by atoms with Crippen molar-refractivity contribution >= 4 is 17.8 Å². The maximum absolute atomic E-state index is 11.8. The molecule has 0 unspecified atom stereocenters. The van der Waals surface area contributed by atoms with Crippen LogP contribution >= 0.6 is 0 Å². The molecule has 1 heterocycles. The van der Waals surface area contributed by atoms with E-state index in [4.69, 9.17) is 0 Å². The molecule has 8 heteroatoms. The third kappa shape index (κ3) is 4.22. The summed E-state index contributed by atoms with van der Waals surface area (Å²) in [5.41, 5.74) is 5.48. The Bertz CT molecular complexity index is 732. The predicted octanol–water partition coefficient (Wildman–Crippen LogP) is 2.02. The van der Waals surface area contributed by atoms with Gasteiger partial charge in [-0.25, -0.2) is 5.43 Å². The van der Waals surface area contributed by atoms with E-state index in [9.17, 15) is 14.9 Å². The number of aromatic nitrogens is 2. The largest absolute Gasteiger partial charge is 0.282 e. The van der Waals surface area contributed by atoms with Gasteiger partial charge in [-0.05, 0) is 31.9 Å². The summed E-state index contributed by atoms with van der Waals surface area (Å²) < 4.78 is 0. The lowest BCUT2D eigenvalue weighted by molar-refractivity contribution is -0.385. The van der Waals surface area contributed by atoms with Crippen LogP contribution in [0.3, 0.4) is 0 Å². The Hall–Kier alpha value is -3.03. The quantitative estimate of drug-likeness (QED) is 0.482. The van der Waals surface area contributed by atoms with E-state index < -0.39 is 4.92 Å². The number of para-hydroxylation sites is 1. The van der Waals surface area contributed by atoms with E-state index in [0.29, 0.717) is 12.0 Å². The first-order valence-electron chi connectivity index (χ1n) is 7.05. The fourth-order valence-corrected chi connectivity index (χ4v) is 2.17. The molecular formula is C15H17N5O3. The summed E-state index contributed by atoms with van der Waals surface area (Å²) in [7, 11) is 0. The fraction of sp³-hybridized carbons (Fsp3) is 0.267. The fourth-order valence-electron chi connectivity index (χ4n) is 2.17. The Morgan fingerprint density at radius 2 is 2.17 bits per heavy atom. The van der Waals surface area contributed by atoms with E-state index in [1.54, 1.807) is 18.2 Å². The molecule has 0 saturated heterocycles. The number of amides is 1. The van der Waals surface area contributed by atoms with Crippen molar-refractivity contribution in [2.24, 2.45) is 5.10 Å². The highest BCUT2D eigenvalue weighted by Crippen LogP contribution is 2.15. The third-order valence-corrected chi connectivity index (χ3v) is 3.41. The van der Waals surface area contributed by atoms with Gasteiger partial charge < -0.3 is 0 Å². The lowest BCUT2D eigenvalue weighted by atomic mass is 10.1. The van der Waals surface area contributed by atoms with E-state index in [2.05, 4.69) is 20.7 Å².